The van der Waals surface area contributed by atoms with Crippen molar-refractivity contribution in [2.24, 2.45) is 0 Å². The van der Waals surface area contributed by atoms with Crippen molar-refractivity contribution in [1.82, 2.24) is 20.0 Å². The van der Waals surface area contributed by atoms with Gasteiger partial charge in [-0.3, -0.25) is 14.5 Å². The molecular weight excluding hydrogens is 469 g/mol. The second-order valence-electron chi connectivity index (χ2n) is 7.81. The van der Waals surface area contributed by atoms with Crippen LogP contribution in [-0.2, 0) is 10.9 Å². The summed E-state index contributed by atoms with van der Waals surface area (Å²) in [4.78, 5) is 28.7. The number of hydrogen-bond donors (Lipinski definition) is 1. The monoisotopic (exact) mass is 492 g/mol. The molecule has 1 amide bonds. The lowest BCUT2D eigenvalue weighted by molar-refractivity contribution is -0.137. The number of nitrogens with one attached hydrogen (secondary N) is 1. The second-order valence-corrected chi connectivity index (χ2v) is 8.79. The van der Waals surface area contributed by atoms with E-state index in [4.69, 9.17) is 4.74 Å². The highest BCUT2D eigenvalue weighted by atomic mass is 32.1. The first-order valence-corrected chi connectivity index (χ1v) is 11.5. The van der Waals surface area contributed by atoms with Gasteiger partial charge in [-0.2, -0.15) is 18.3 Å². The number of ether oxygens (including phenoxy) is 1. The van der Waals surface area contributed by atoms with Crippen molar-refractivity contribution in [2.75, 3.05) is 32.8 Å². The molecule has 1 fully saturated rings. The van der Waals surface area contributed by atoms with Gasteiger partial charge in [-0.15, -0.1) is 11.3 Å². The molecule has 2 aromatic heterocycles. The van der Waals surface area contributed by atoms with Crippen LogP contribution in [0.25, 0.3) is 5.69 Å². The largest absolute Gasteiger partial charge is 0.418 e. The van der Waals surface area contributed by atoms with Crippen LogP contribution in [0.5, 0.6) is 0 Å². The minimum atomic E-state index is -4.62. The van der Waals surface area contributed by atoms with Crippen LogP contribution >= 0.6 is 11.3 Å². The average molecular weight is 493 g/mol. The summed E-state index contributed by atoms with van der Waals surface area (Å²) in [7, 11) is 0. The van der Waals surface area contributed by atoms with Crippen molar-refractivity contribution >= 4 is 17.2 Å². The molecular formula is C23H23F3N4O3S. The molecule has 3 heterocycles. The predicted molar refractivity (Wildman–Crippen MR) is 121 cm³/mol. The Morgan fingerprint density at radius 2 is 1.94 bits per heavy atom. The molecule has 0 bridgehead atoms. The Morgan fingerprint density at radius 1 is 1.21 bits per heavy atom. The van der Waals surface area contributed by atoms with Gasteiger partial charge in [0.25, 0.3) is 5.91 Å². The van der Waals surface area contributed by atoms with E-state index >= 15 is 0 Å². The first kappa shape index (κ1) is 24.1. The predicted octanol–water partition coefficient (Wildman–Crippen LogP) is 3.42. The van der Waals surface area contributed by atoms with Crippen LogP contribution in [0.3, 0.4) is 0 Å². The number of carbonyl (C=O) groups is 1. The molecule has 4 rings (SSSR count). The van der Waals surface area contributed by atoms with Crippen LogP contribution in [0.2, 0.25) is 0 Å². The van der Waals surface area contributed by atoms with Crippen LogP contribution in [-0.4, -0.2) is 53.4 Å². The summed E-state index contributed by atoms with van der Waals surface area (Å²) in [5.74, 6) is -0.738. The van der Waals surface area contributed by atoms with Gasteiger partial charge in [0.2, 0.25) is 5.43 Å². The SMILES string of the molecule is Cc1cc(=O)c(C(=O)NCC(c2cccs2)N2CCOCC2)nn1-c1ccccc1C(F)(F)F. The third-order valence-corrected chi connectivity index (χ3v) is 6.55. The van der Waals surface area contributed by atoms with Crippen LogP contribution in [0.4, 0.5) is 13.2 Å². The number of rotatable bonds is 6. The van der Waals surface area contributed by atoms with E-state index in [9.17, 15) is 22.8 Å². The number of benzene rings is 1. The Balaban J connectivity index is 1.61. The molecule has 1 saturated heterocycles. The number of para-hydroxylation sites is 1. The molecule has 7 nitrogen and oxygen atoms in total. The molecule has 1 unspecified atom stereocenters. The molecule has 0 radical (unpaired) electrons. The summed E-state index contributed by atoms with van der Waals surface area (Å²) in [5, 5.41) is 8.73. The van der Waals surface area contributed by atoms with Gasteiger partial charge >= 0.3 is 6.18 Å². The standard InChI is InChI=1S/C23H23F3N4O3S/c1-15-13-19(31)21(28-30(15)17-6-3-2-5-16(17)23(24,25)26)22(32)27-14-18(20-7-4-12-34-20)29-8-10-33-11-9-29/h2-7,12-13,18H,8-11,14H2,1H3,(H,27,32). The first-order valence-electron chi connectivity index (χ1n) is 10.7. The van der Waals surface area contributed by atoms with Crippen molar-refractivity contribution in [3.05, 3.63) is 79.9 Å². The topological polar surface area (TPSA) is 76.5 Å². The van der Waals surface area contributed by atoms with Gasteiger partial charge in [-0.05, 0) is 30.5 Å². The number of aromatic nitrogens is 2. The third kappa shape index (κ3) is 5.21. The fourth-order valence-corrected chi connectivity index (χ4v) is 4.76. The number of morpholine rings is 1. The number of amides is 1. The molecule has 0 spiro atoms. The zero-order valence-electron chi connectivity index (χ0n) is 18.3. The number of alkyl halides is 3. The third-order valence-electron chi connectivity index (χ3n) is 5.57. The number of halogens is 3. The van der Waals surface area contributed by atoms with Gasteiger partial charge in [-0.1, -0.05) is 18.2 Å². The summed E-state index contributed by atoms with van der Waals surface area (Å²) in [5.41, 5.74) is -2.11. The molecule has 11 heteroatoms. The lowest BCUT2D eigenvalue weighted by Gasteiger charge is -2.34. The van der Waals surface area contributed by atoms with Crippen molar-refractivity contribution in [3.8, 4) is 5.69 Å². The normalized spacial score (nSPS) is 15.8. The molecule has 0 saturated carbocycles. The Kier molecular flexibility index (Phi) is 7.15. The van der Waals surface area contributed by atoms with Crippen molar-refractivity contribution in [1.29, 1.82) is 0 Å². The van der Waals surface area contributed by atoms with Crippen molar-refractivity contribution in [2.45, 2.75) is 19.1 Å². The van der Waals surface area contributed by atoms with Crippen LogP contribution in [0, 0.1) is 6.92 Å². The van der Waals surface area contributed by atoms with Gasteiger partial charge in [-0.25, -0.2) is 4.68 Å². The van der Waals surface area contributed by atoms with Gasteiger partial charge in [0.15, 0.2) is 5.69 Å². The van der Waals surface area contributed by atoms with Gasteiger partial charge in [0.1, 0.15) is 0 Å². The van der Waals surface area contributed by atoms with Crippen molar-refractivity contribution in [3.63, 3.8) is 0 Å². The zero-order valence-corrected chi connectivity index (χ0v) is 19.2. The highest BCUT2D eigenvalue weighted by molar-refractivity contribution is 7.10. The average Bonchev–Trinajstić information content (AvgIpc) is 3.34. The smallest absolute Gasteiger partial charge is 0.379 e. The summed E-state index contributed by atoms with van der Waals surface area (Å²) in [6, 6.07) is 9.80. The van der Waals surface area contributed by atoms with Gasteiger partial charge in [0, 0.05) is 36.3 Å². The summed E-state index contributed by atoms with van der Waals surface area (Å²) in [6.45, 7) is 4.24. The molecule has 1 aliphatic rings. The lowest BCUT2D eigenvalue weighted by atomic mass is 10.1. The fourth-order valence-electron chi connectivity index (χ4n) is 3.90. The van der Waals surface area contributed by atoms with Crippen molar-refractivity contribution < 1.29 is 22.7 Å². The minimum Gasteiger partial charge on any atom is -0.379 e. The van der Waals surface area contributed by atoms with E-state index in [-0.39, 0.29) is 24.0 Å². The number of nitrogens with zero attached hydrogens (tertiary/aromatic N) is 3. The highest BCUT2D eigenvalue weighted by Crippen LogP contribution is 2.33. The molecule has 1 atom stereocenters. The lowest BCUT2D eigenvalue weighted by Crippen LogP contribution is -2.44. The number of thiophene rings is 1. The molecule has 1 aromatic carbocycles. The zero-order chi connectivity index (χ0) is 24.3. The molecule has 34 heavy (non-hydrogen) atoms. The van der Waals surface area contributed by atoms with Gasteiger partial charge in [0.05, 0.1) is 30.5 Å². The van der Waals surface area contributed by atoms with Crippen LogP contribution in [0.1, 0.15) is 32.7 Å². The van der Waals surface area contributed by atoms with E-state index < -0.39 is 28.8 Å². The maximum absolute atomic E-state index is 13.5. The molecule has 1 N–H and O–H groups in total. The van der Waals surface area contributed by atoms with E-state index in [1.165, 1.54) is 25.1 Å². The van der Waals surface area contributed by atoms with Crippen LogP contribution < -0.4 is 10.7 Å². The van der Waals surface area contributed by atoms with Crippen LogP contribution in [0.15, 0.2) is 52.6 Å². The summed E-state index contributed by atoms with van der Waals surface area (Å²) < 4.78 is 47.0. The molecule has 180 valence electrons. The summed E-state index contributed by atoms with van der Waals surface area (Å²) >= 11 is 1.56. The quantitative estimate of drug-likeness (QED) is 0.571. The summed E-state index contributed by atoms with van der Waals surface area (Å²) in [6.07, 6.45) is -4.62. The molecule has 1 aliphatic heterocycles. The Morgan fingerprint density at radius 3 is 2.62 bits per heavy atom. The number of hydrogen-bond acceptors (Lipinski definition) is 6. The maximum Gasteiger partial charge on any atom is 0.418 e. The molecule has 0 aliphatic carbocycles. The number of aryl methyl sites for hydroxylation is 1. The molecule has 3 aromatic rings. The van der Waals surface area contributed by atoms with E-state index in [1.807, 2.05) is 17.5 Å². The maximum atomic E-state index is 13.5. The number of carbonyl (C=O) groups excluding carboxylic acids is 1. The Hall–Kier alpha value is -3.02. The Bertz CT molecular complexity index is 1200. The Labute approximate surface area is 197 Å². The van der Waals surface area contributed by atoms with E-state index in [2.05, 4.69) is 15.3 Å². The minimum absolute atomic E-state index is 0.119. The fraction of sp³-hybridized carbons (Fsp3) is 0.348. The first-order chi connectivity index (χ1) is 16.3. The van der Waals surface area contributed by atoms with E-state index in [0.717, 1.165) is 21.7 Å². The highest BCUT2D eigenvalue weighted by Gasteiger charge is 2.34. The van der Waals surface area contributed by atoms with E-state index in [0.29, 0.717) is 26.3 Å². The second kappa shape index (κ2) is 10.1. The van der Waals surface area contributed by atoms with E-state index in [1.54, 1.807) is 11.3 Å². The van der Waals surface area contributed by atoms with Gasteiger partial charge < -0.3 is 10.1 Å².